The first-order valence-corrected chi connectivity index (χ1v) is 9.95. The van der Waals surface area contributed by atoms with Crippen molar-refractivity contribution in [2.75, 3.05) is 6.26 Å². The second-order valence-electron chi connectivity index (χ2n) is 6.26. The lowest BCUT2D eigenvalue weighted by molar-refractivity contribution is -0.122. The van der Waals surface area contributed by atoms with Crippen LogP contribution in [0.5, 0.6) is 0 Å². The molecule has 3 aromatic carbocycles. The fraction of sp³-hybridized carbons (Fsp3) is 0.174. The van der Waals surface area contributed by atoms with Gasteiger partial charge in [0.2, 0.25) is 5.91 Å². The number of hydrogen-bond acceptors (Lipinski definition) is 2. The average Bonchev–Trinajstić information content (AvgIpc) is 2.70. The normalized spacial score (nSPS) is 12.0. The fourth-order valence-electron chi connectivity index (χ4n) is 3.06. The topological polar surface area (TPSA) is 29.1 Å². The third-order valence-corrected chi connectivity index (χ3v) is 5.25. The van der Waals surface area contributed by atoms with E-state index >= 15 is 0 Å². The molecule has 0 saturated heterocycles. The third kappa shape index (κ3) is 4.36. The van der Waals surface area contributed by atoms with E-state index in [1.165, 1.54) is 4.90 Å². The second-order valence-corrected chi connectivity index (χ2v) is 7.14. The zero-order chi connectivity index (χ0) is 18.4. The fourth-order valence-corrected chi connectivity index (χ4v) is 3.47. The molecule has 1 amide bonds. The largest absolute Gasteiger partial charge is 0.349 e. The molecule has 0 heterocycles. The number of nitrogens with one attached hydrogen (secondary N) is 1. The second kappa shape index (κ2) is 8.72. The summed E-state index contributed by atoms with van der Waals surface area (Å²) in [6.45, 7) is 2.03. The summed E-state index contributed by atoms with van der Waals surface area (Å²) >= 11 is 1.72. The van der Waals surface area contributed by atoms with Gasteiger partial charge in [-0.25, -0.2) is 0 Å². The van der Waals surface area contributed by atoms with Gasteiger partial charge in [-0.2, -0.15) is 0 Å². The highest BCUT2D eigenvalue weighted by atomic mass is 32.2. The van der Waals surface area contributed by atoms with Crippen molar-refractivity contribution in [2.45, 2.75) is 23.8 Å². The van der Waals surface area contributed by atoms with E-state index in [1.807, 2.05) is 67.6 Å². The van der Waals surface area contributed by atoms with E-state index in [2.05, 4.69) is 35.8 Å². The van der Waals surface area contributed by atoms with E-state index in [4.69, 9.17) is 0 Å². The lowest BCUT2D eigenvalue weighted by atomic mass is 9.90. The zero-order valence-corrected chi connectivity index (χ0v) is 15.9. The average molecular weight is 362 g/mol. The Labute approximate surface area is 159 Å². The zero-order valence-electron chi connectivity index (χ0n) is 15.1. The highest BCUT2D eigenvalue weighted by Gasteiger charge is 2.24. The lowest BCUT2D eigenvalue weighted by Crippen LogP contribution is -2.32. The number of thioether (sulfide) groups is 1. The van der Waals surface area contributed by atoms with Gasteiger partial charge in [-0.05, 0) is 42.0 Å². The molecule has 0 aliphatic heterocycles. The molecule has 26 heavy (non-hydrogen) atoms. The molecule has 2 nitrogen and oxygen atoms in total. The summed E-state index contributed by atoms with van der Waals surface area (Å²) < 4.78 is 0. The van der Waals surface area contributed by atoms with Crippen molar-refractivity contribution in [3.05, 3.63) is 102 Å². The monoisotopic (exact) mass is 361 g/mol. The van der Waals surface area contributed by atoms with Gasteiger partial charge in [0.05, 0.1) is 12.0 Å². The van der Waals surface area contributed by atoms with E-state index in [-0.39, 0.29) is 17.9 Å². The first-order valence-electron chi connectivity index (χ1n) is 8.73. The first-order chi connectivity index (χ1) is 12.7. The number of rotatable bonds is 6. The van der Waals surface area contributed by atoms with Crippen molar-refractivity contribution < 1.29 is 4.79 Å². The quantitative estimate of drug-likeness (QED) is 0.594. The van der Waals surface area contributed by atoms with Gasteiger partial charge in [-0.1, -0.05) is 72.8 Å². The minimum absolute atomic E-state index is 0.0174. The molecule has 0 aromatic heterocycles. The van der Waals surface area contributed by atoms with Crippen LogP contribution in [0, 0.1) is 0 Å². The van der Waals surface area contributed by atoms with Crippen LogP contribution >= 0.6 is 11.8 Å². The Balaban J connectivity index is 1.83. The molecular weight excluding hydrogens is 338 g/mol. The van der Waals surface area contributed by atoms with Crippen molar-refractivity contribution in [1.29, 1.82) is 0 Å². The SMILES string of the molecule is CSc1ccc(C(C)NC(=O)C(c2ccccc2)c2ccccc2)cc1. The molecule has 132 valence electrons. The smallest absolute Gasteiger partial charge is 0.232 e. The Morgan fingerprint density at radius 2 is 1.27 bits per heavy atom. The van der Waals surface area contributed by atoms with Crippen molar-refractivity contribution in [2.24, 2.45) is 0 Å². The summed E-state index contributed by atoms with van der Waals surface area (Å²) in [6.07, 6.45) is 2.06. The predicted molar refractivity (Wildman–Crippen MR) is 110 cm³/mol. The molecule has 1 atom stereocenters. The molecule has 3 rings (SSSR count). The van der Waals surface area contributed by atoms with Crippen LogP contribution in [-0.4, -0.2) is 12.2 Å². The maximum absolute atomic E-state index is 13.1. The molecule has 3 aromatic rings. The van der Waals surface area contributed by atoms with Gasteiger partial charge in [0.1, 0.15) is 0 Å². The molecule has 0 spiro atoms. The van der Waals surface area contributed by atoms with Crippen LogP contribution in [-0.2, 0) is 4.79 Å². The van der Waals surface area contributed by atoms with E-state index in [0.717, 1.165) is 16.7 Å². The van der Waals surface area contributed by atoms with Gasteiger partial charge in [-0.3, -0.25) is 4.79 Å². The number of amides is 1. The summed E-state index contributed by atoms with van der Waals surface area (Å²) in [7, 11) is 0. The molecule has 0 radical (unpaired) electrons. The number of benzene rings is 3. The Hall–Kier alpha value is -2.52. The highest BCUT2D eigenvalue weighted by molar-refractivity contribution is 7.98. The van der Waals surface area contributed by atoms with Gasteiger partial charge >= 0.3 is 0 Å². The van der Waals surface area contributed by atoms with E-state index < -0.39 is 0 Å². The molecule has 1 N–H and O–H groups in total. The standard InChI is InChI=1S/C23H23NOS/c1-17(18-13-15-21(26-2)16-14-18)24-23(25)22(19-9-5-3-6-10-19)20-11-7-4-8-12-20/h3-17,22H,1-2H3,(H,24,25). The molecule has 0 bridgehead atoms. The van der Waals surface area contributed by atoms with Crippen molar-refractivity contribution >= 4 is 17.7 Å². The third-order valence-electron chi connectivity index (χ3n) is 4.50. The van der Waals surface area contributed by atoms with Crippen LogP contribution in [0.4, 0.5) is 0 Å². The molecule has 0 aliphatic carbocycles. The molecular formula is C23H23NOS. The summed E-state index contributed by atoms with van der Waals surface area (Å²) in [4.78, 5) is 14.4. The Morgan fingerprint density at radius 3 is 1.73 bits per heavy atom. The van der Waals surface area contributed by atoms with E-state index in [0.29, 0.717) is 0 Å². The number of carbonyl (C=O) groups excluding carboxylic acids is 1. The summed E-state index contributed by atoms with van der Waals surface area (Å²) in [6, 6.07) is 28.2. The molecule has 1 unspecified atom stereocenters. The maximum Gasteiger partial charge on any atom is 0.232 e. The molecule has 3 heteroatoms. The van der Waals surface area contributed by atoms with Crippen LogP contribution < -0.4 is 5.32 Å². The Morgan fingerprint density at radius 1 is 0.769 bits per heavy atom. The Bertz CT molecular complexity index is 792. The lowest BCUT2D eigenvalue weighted by Gasteiger charge is -2.21. The summed E-state index contributed by atoms with van der Waals surface area (Å²) in [5.41, 5.74) is 3.11. The predicted octanol–water partition coefficient (Wildman–Crippen LogP) is 5.42. The van der Waals surface area contributed by atoms with Crippen LogP contribution in [0.1, 0.15) is 35.6 Å². The molecule has 0 aliphatic rings. The van der Waals surface area contributed by atoms with Gasteiger partial charge in [-0.15, -0.1) is 11.8 Å². The molecule has 0 fully saturated rings. The molecule has 0 saturated carbocycles. The first kappa shape index (κ1) is 18.3. The van der Waals surface area contributed by atoms with Gasteiger partial charge in [0.15, 0.2) is 0 Å². The van der Waals surface area contributed by atoms with Gasteiger partial charge in [0, 0.05) is 4.90 Å². The van der Waals surface area contributed by atoms with Crippen LogP contribution in [0.25, 0.3) is 0 Å². The minimum Gasteiger partial charge on any atom is -0.349 e. The van der Waals surface area contributed by atoms with Crippen molar-refractivity contribution in [1.82, 2.24) is 5.32 Å². The number of carbonyl (C=O) groups is 1. The van der Waals surface area contributed by atoms with E-state index in [1.54, 1.807) is 11.8 Å². The maximum atomic E-state index is 13.1. The highest BCUT2D eigenvalue weighted by Crippen LogP contribution is 2.26. The van der Waals surface area contributed by atoms with Crippen LogP contribution in [0.2, 0.25) is 0 Å². The van der Waals surface area contributed by atoms with Crippen molar-refractivity contribution in [3.8, 4) is 0 Å². The van der Waals surface area contributed by atoms with E-state index in [9.17, 15) is 4.79 Å². The van der Waals surface area contributed by atoms with Gasteiger partial charge in [0.25, 0.3) is 0 Å². The van der Waals surface area contributed by atoms with Crippen LogP contribution in [0.15, 0.2) is 89.8 Å². The minimum atomic E-state index is -0.315. The van der Waals surface area contributed by atoms with Crippen LogP contribution in [0.3, 0.4) is 0 Å². The van der Waals surface area contributed by atoms with Gasteiger partial charge < -0.3 is 5.32 Å². The van der Waals surface area contributed by atoms with Crippen molar-refractivity contribution in [3.63, 3.8) is 0 Å². The summed E-state index contributed by atoms with van der Waals surface area (Å²) in [5, 5.41) is 3.18. The Kier molecular flexibility index (Phi) is 6.13. The number of hydrogen-bond donors (Lipinski definition) is 1. The summed E-state index contributed by atoms with van der Waals surface area (Å²) in [5.74, 6) is -0.297.